The molecule has 3 aromatic rings. The molecule has 0 aliphatic heterocycles. The third-order valence-electron chi connectivity index (χ3n) is 2.98. The number of fused-ring (bicyclic) bond motifs is 1. The number of rotatable bonds is 2. The molecule has 0 atom stereocenters. The van der Waals surface area contributed by atoms with E-state index in [0.717, 1.165) is 10.9 Å². The number of hydrogen-bond donors (Lipinski definition) is 2. The van der Waals surface area contributed by atoms with Crippen LogP contribution in [0.4, 0.5) is 5.69 Å². The highest BCUT2D eigenvalue weighted by Crippen LogP contribution is 2.15. The Labute approximate surface area is 114 Å². The third-order valence-corrected chi connectivity index (χ3v) is 2.98. The highest BCUT2D eigenvalue weighted by molar-refractivity contribution is 6.06. The van der Waals surface area contributed by atoms with Gasteiger partial charge in [-0.1, -0.05) is 6.07 Å². The molecule has 0 spiro atoms. The molecule has 0 saturated heterocycles. The normalized spacial score (nSPS) is 10.2. The summed E-state index contributed by atoms with van der Waals surface area (Å²) in [6, 6.07) is 14.1. The number of carbonyl (C=O) groups is 1. The fourth-order valence-corrected chi connectivity index (χ4v) is 1.91. The number of anilines is 1. The minimum Gasteiger partial charge on any atom is -0.322 e. The zero-order valence-electron chi connectivity index (χ0n) is 10.4. The van der Waals surface area contributed by atoms with Crippen molar-refractivity contribution in [2.45, 2.75) is 0 Å². The molecule has 0 radical (unpaired) electrons. The van der Waals surface area contributed by atoms with E-state index in [1.54, 1.807) is 42.6 Å². The molecule has 0 fully saturated rings. The van der Waals surface area contributed by atoms with Crippen molar-refractivity contribution in [1.82, 2.24) is 10.2 Å². The van der Waals surface area contributed by atoms with E-state index in [0.29, 0.717) is 16.8 Å². The molecule has 1 amide bonds. The van der Waals surface area contributed by atoms with Gasteiger partial charge in [0.2, 0.25) is 0 Å². The second kappa shape index (κ2) is 4.86. The van der Waals surface area contributed by atoms with E-state index in [2.05, 4.69) is 15.5 Å². The van der Waals surface area contributed by atoms with Crippen LogP contribution >= 0.6 is 0 Å². The minimum atomic E-state index is -0.203. The first-order valence-electron chi connectivity index (χ1n) is 6.01. The van der Waals surface area contributed by atoms with E-state index in [4.69, 9.17) is 5.26 Å². The fraction of sp³-hybridized carbons (Fsp3) is 0. The maximum Gasteiger partial charge on any atom is 0.255 e. The van der Waals surface area contributed by atoms with E-state index in [1.807, 2.05) is 12.1 Å². The van der Waals surface area contributed by atoms with Gasteiger partial charge in [0.05, 0.1) is 23.3 Å². The Morgan fingerprint density at radius 3 is 2.75 bits per heavy atom. The molecule has 5 nitrogen and oxygen atoms in total. The molecule has 2 N–H and O–H groups in total. The van der Waals surface area contributed by atoms with Crippen molar-refractivity contribution < 1.29 is 4.79 Å². The molecular weight excluding hydrogens is 252 g/mol. The van der Waals surface area contributed by atoms with Crippen molar-refractivity contribution in [2.24, 2.45) is 0 Å². The lowest BCUT2D eigenvalue weighted by atomic mass is 10.1. The summed E-state index contributed by atoms with van der Waals surface area (Å²) in [4.78, 5) is 12.1. The molecule has 0 bridgehead atoms. The molecule has 1 aromatic heterocycles. The lowest BCUT2D eigenvalue weighted by Crippen LogP contribution is -2.11. The molecular formula is C15H10N4O. The number of nitriles is 1. The van der Waals surface area contributed by atoms with Crippen molar-refractivity contribution in [3.05, 3.63) is 59.8 Å². The highest BCUT2D eigenvalue weighted by Gasteiger charge is 2.07. The molecule has 96 valence electrons. The average Bonchev–Trinajstić information content (AvgIpc) is 2.95. The minimum absolute atomic E-state index is 0.203. The van der Waals surface area contributed by atoms with Crippen LogP contribution in [-0.2, 0) is 0 Å². The van der Waals surface area contributed by atoms with Crippen LogP contribution in [0.3, 0.4) is 0 Å². The van der Waals surface area contributed by atoms with Crippen molar-refractivity contribution in [1.29, 1.82) is 5.26 Å². The zero-order chi connectivity index (χ0) is 13.9. The number of nitrogens with zero attached hydrogens (tertiary/aromatic N) is 2. The quantitative estimate of drug-likeness (QED) is 0.745. The topological polar surface area (TPSA) is 81.6 Å². The van der Waals surface area contributed by atoms with Crippen LogP contribution in [0.25, 0.3) is 10.9 Å². The number of carbonyl (C=O) groups excluding carboxylic acids is 1. The maximum atomic E-state index is 12.1. The van der Waals surface area contributed by atoms with E-state index in [9.17, 15) is 4.79 Å². The number of aromatic amines is 1. The number of nitrogens with one attached hydrogen (secondary N) is 2. The maximum absolute atomic E-state index is 12.1. The Hall–Kier alpha value is -3.13. The molecule has 3 rings (SSSR count). The first-order chi connectivity index (χ1) is 9.76. The van der Waals surface area contributed by atoms with Crippen LogP contribution in [0.2, 0.25) is 0 Å². The fourth-order valence-electron chi connectivity index (χ4n) is 1.91. The Bertz CT molecular complexity index is 812. The Kier molecular flexibility index (Phi) is 2.90. The van der Waals surface area contributed by atoms with Gasteiger partial charge in [-0.25, -0.2) is 0 Å². The first kappa shape index (κ1) is 11.9. The van der Waals surface area contributed by atoms with Gasteiger partial charge in [-0.3, -0.25) is 9.89 Å². The predicted octanol–water partition coefficient (Wildman–Crippen LogP) is 2.69. The molecule has 5 heteroatoms. The summed E-state index contributed by atoms with van der Waals surface area (Å²) >= 11 is 0. The smallest absolute Gasteiger partial charge is 0.255 e. The molecule has 20 heavy (non-hydrogen) atoms. The molecule has 0 unspecified atom stereocenters. The van der Waals surface area contributed by atoms with Crippen molar-refractivity contribution in [3.63, 3.8) is 0 Å². The van der Waals surface area contributed by atoms with Crippen molar-refractivity contribution in [2.75, 3.05) is 5.32 Å². The molecule has 2 aromatic carbocycles. The second-order valence-electron chi connectivity index (χ2n) is 4.32. The number of H-pyrrole nitrogens is 1. The number of aromatic nitrogens is 2. The highest BCUT2D eigenvalue weighted by atomic mass is 16.1. The van der Waals surface area contributed by atoms with Crippen LogP contribution in [0.5, 0.6) is 0 Å². The van der Waals surface area contributed by atoms with Gasteiger partial charge in [-0.15, -0.1) is 0 Å². The summed E-state index contributed by atoms with van der Waals surface area (Å²) in [6.45, 7) is 0. The molecule has 0 aliphatic rings. The van der Waals surface area contributed by atoms with E-state index >= 15 is 0 Å². The monoisotopic (exact) mass is 262 g/mol. The van der Waals surface area contributed by atoms with E-state index in [1.165, 1.54) is 0 Å². The summed E-state index contributed by atoms with van der Waals surface area (Å²) in [6.07, 6.45) is 1.71. The van der Waals surface area contributed by atoms with Gasteiger partial charge < -0.3 is 5.32 Å². The number of amides is 1. The van der Waals surface area contributed by atoms with Gasteiger partial charge in [0.25, 0.3) is 5.91 Å². The lowest BCUT2D eigenvalue weighted by Gasteiger charge is -2.05. The second-order valence-corrected chi connectivity index (χ2v) is 4.32. The summed E-state index contributed by atoms with van der Waals surface area (Å²) in [7, 11) is 0. The van der Waals surface area contributed by atoms with Gasteiger partial charge in [-0.05, 0) is 36.4 Å². The summed E-state index contributed by atoms with van der Waals surface area (Å²) in [5.41, 5.74) is 2.57. The van der Waals surface area contributed by atoms with Crippen molar-refractivity contribution >= 4 is 22.5 Å². The Morgan fingerprint density at radius 2 is 2.00 bits per heavy atom. The van der Waals surface area contributed by atoms with Crippen molar-refractivity contribution in [3.8, 4) is 6.07 Å². The van der Waals surface area contributed by atoms with Gasteiger partial charge in [-0.2, -0.15) is 10.4 Å². The van der Waals surface area contributed by atoms with Gasteiger partial charge >= 0.3 is 0 Å². The van der Waals surface area contributed by atoms with Gasteiger partial charge in [0.15, 0.2) is 0 Å². The van der Waals surface area contributed by atoms with Crippen LogP contribution < -0.4 is 5.32 Å². The number of hydrogen-bond acceptors (Lipinski definition) is 3. The standard InChI is InChI=1S/C15H10N4O/c16-8-10-1-5-13(6-2-10)18-15(20)11-3-4-12-9-17-19-14(12)7-11/h1-7,9H,(H,17,19)(H,18,20). The van der Waals surface area contributed by atoms with Gasteiger partial charge in [0, 0.05) is 16.6 Å². The summed E-state index contributed by atoms with van der Waals surface area (Å²) in [5, 5.41) is 19.2. The molecule has 0 saturated carbocycles. The van der Waals surface area contributed by atoms with Crippen LogP contribution in [0.15, 0.2) is 48.7 Å². The zero-order valence-corrected chi connectivity index (χ0v) is 10.4. The molecule has 0 aliphatic carbocycles. The predicted molar refractivity (Wildman–Crippen MR) is 75.2 cm³/mol. The van der Waals surface area contributed by atoms with E-state index in [-0.39, 0.29) is 5.91 Å². The van der Waals surface area contributed by atoms with Crippen LogP contribution in [0.1, 0.15) is 15.9 Å². The van der Waals surface area contributed by atoms with E-state index < -0.39 is 0 Å². The first-order valence-corrected chi connectivity index (χ1v) is 6.01. The number of benzene rings is 2. The Balaban J connectivity index is 1.82. The van der Waals surface area contributed by atoms with Crippen LogP contribution in [-0.4, -0.2) is 16.1 Å². The molecule has 1 heterocycles. The van der Waals surface area contributed by atoms with Gasteiger partial charge in [0.1, 0.15) is 0 Å². The third kappa shape index (κ3) is 2.22. The Morgan fingerprint density at radius 1 is 1.20 bits per heavy atom. The summed E-state index contributed by atoms with van der Waals surface area (Å²) in [5.74, 6) is -0.203. The average molecular weight is 262 g/mol. The van der Waals surface area contributed by atoms with Crippen LogP contribution in [0, 0.1) is 11.3 Å². The largest absolute Gasteiger partial charge is 0.322 e. The lowest BCUT2D eigenvalue weighted by molar-refractivity contribution is 0.102. The summed E-state index contributed by atoms with van der Waals surface area (Å²) < 4.78 is 0. The SMILES string of the molecule is N#Cc1ccc(NC(=O)c2ccc3cn[nH]c3c2)cc1.